The molecule has 5 rings (SSSR count). The number of nitrogens with one attached hydrogen (secondary N) is 1. The Balaban J connectivity index is 1.82. The van der Waals surface area contributed by atoms with Crippen molar-refractivity contribution in [2.75, 3.05) is 14.2 Å². The zero-order valence-electron chi connectivity index (χ0n) is 17.5. The van der Waals surface area contributed by atoms with Gasteiger partial charge >= 0.3 is 0 Å². The number of aromatic nitrogens is 2. The molecule has 0 radical (unpaired) electrons. The average molecular weight is 424 g/mol. The first-order valence-electron chi connectivity index (χ1n) is 10.0. The molecule has 0 spiro atoms. The predicted octanol–water partition coefficient (Wildman–Crippen LogP) is 4.47. The topological polar surface area (TPSA) is 106 Å². The summed E-state index contributed by atoms with van der Waals surface area (Å²) >= 11 is 0. The third kappa shape index (κ3) is 2.85. The minimum absolute atomic E-state index is 0.0193. The number of nitrogens with zero attached hydrogens (tertiary/aromatic N) is 2. The normalized spacial score (nSPS) is 15.1. The molecule has 4 aromatic rings. The molecule has 0 saturated carbocycles. The van der Waals surface area contributed by atoms with Crippen molar-refractivity contribution in [2.45, 2.75) is 5.92 Å². The summed E-state index contributed by atoms with van der Waals surface area (Å²) in [6.45, 7) is 0. The molecule has 1 aliphatic rings. The van der Waals surface area contributed by atoms with Gasteiger partial charge in [0.1, 0.15) is 11.6 Å². The highest BCUT2D eigenvalue weighted by atomic mass is 16.5. The number of fused-ring (bicyclic) bond motifs is 2. The van der Waals surface area contributed by atoms with Crippen LogP contribution in [0.15, 0.2) is 72.1 Å². The molecule has 2 heterocycles. The molecule has 1 aromatic heterocycles. The average Bonchev–Trinajstić information content (AvgIpc) is 3.25. The van der Waals surface area contributed by atoms with E-state index in [1.165, 1.54) is 0 Å². The van der Waals surface area contributed by atoms with E-state index < -0.39 is 5.92 Å². The Labute approximate surface area is 184 Å². The fraction of sp³-hybridized carbons (Fsp3) is 0.120. The van der Waals surface area contributed by atoms with Crippen molar-refractivity contribution in [3.8, 4) is 34.7 Å². The van der Waals surface area contributed by atoms with Gasteiger partial charge in [-0.25, -0.2) is 0 Å². The van der Waals surface area contributed by atoms with Gasteiger partial charge in [0.15, 0.2) is 11.5 Å². The molecule has 0 amide bonds. The first kappa shape index (κ1) is 19.5. The minimum Gasteiger partial charge on any atom is -0.493 e. The van der Waals surface area contributed by atoms with Crippen molar-refractivity contribution in [2.24, 2.45) is 5.73 Å². The van der Waals surface area contributed by atoms with Crippen molar-refractivity contribution < 1.29 is 14.2 Å². The number of hydrogen-bond acceptors (Lipinski definition) is 6. The number of ether oxygens (including phenoxy) is 3. The fourth-order valence-corrected chi connectivity index (χ4v) is 4.34. The Morgan fingerprint density at radius 3 is 2.59 bits per heavy atom. The number of para-hydroxylation sites is 1. The smallest absolute Gasteiger partial charge is 0.244 e. The molecule has 7 heteroatoms. The quantitative estimate of drug-likeness (QED) is 0.501. The van der Waals surface area contributed by atoms with E-state index in [1.54, 1.807) is 14.2 Å². The summed E-state index contributed by atoms with van der Waals surface area (Å²) in [5, 5.41) is 19.7. The van der Waals surface area contributed by atoms with E-state index in [2.05, 4.69) is 34.5 Å². The second kappa shape index (κ2) is 7.67. The lowest BCUT2D eigenvalue weighted by Gasteiger charge is -2.26. The van der Waals surface area contributed by atoms with Crippen molar-refractivity contribution in [3.05, 3.63) is 83.2 Å². The Kier molecular flexibility index (Phi) is 4.68. The molecule has 0 saturated heterocycles. The maximum atomic E-state index is 10.0. The van der Waals surface area contributed by atoms with Crippen LogP contribution in [-0.4, -0.2) is 24.4 Å². The maximum Gasteiger partial charge on any atom is 0.244 e. The number of methoxy groups -OCH3 is 2. The zero-order valence-corrected chi connectivity index (χ0v) is 17.5. The van der Waals surface area contributed by atoms with Crippen LogP contribution in [0, 0.1) is 11.3 Å². The molecular formula is C25H20N4O3. The number of nitrogens with two attached hydrogens (primary N) is 1. The van der Waals surface area contributed by atoms with E-state index in [1.807, 2.05) is 42.5 Å². The molecule has 0 bridgehead atoms. The molecule has 0 aliphatic carbocycles. The van der Waals surface area contributed by atoms with E-state index in [9.17, 15) is 5.26 Å². The van der Waals surface area contributed by atoms with Gasteiger partial charge in [-0.2, -0.15) is 5.26 Å². The van der Waals surface area contributed by atoms with E-state index >= 15 is 0 Å². The molecule has 1 aliphatic heterocycles. The van der Waals surface area contributed by atoms with Crippen LogP contribution in [0.5, 0.6) is 17.4 Å². The highest BCUT2D eigenvalue weighted by Gasteiger charge is 2.38. The number of H-pyrrole nitrogens is 1. The first-order chi connectivity index (χ1) is 15.7. The summed E-state index contributed by atoms with van der Waals surface area (Å²) in [6, 6.07) is 22.0. The van der Waals surface area contributed by atoms with E-state index in [0.29, 0.717) is 17.4 Å². The Morgan fingerprint density at radius 1 is 1.03 bits per heavy atom. The SMILES string of the molecule is COc1cccc(C2C(C#N)=C(N)Oc3n[nH]c(-c4cccc5ccccc45)c32)c1OC. The zero-order chi connectivity index (χ0) is 22.2. The highest BCUT2D eigenvalue weighted by molar-refractivity contribution is 5.97. The molecule has 3 N–H and O–H groups in total. The Morgan fingerprint density at radius 2 is 1.81 bits per heavy atom. The van der Waals surface area contributed by atoms with Crippen LogP contribution in [-0.2, 0) is 0 Å². The lowest BCUT2D eigenvalue weighted by Crippen LogP contribution is -2.21. The van der Waals surface area contributed by atoms with Crippen LogP contribution in [0.4, 0.5) is 0 Å². The Hall–Kier alpha value is -4.44. The van der Waals surface area contributed by atoms with Gasteiger partial charge in [0.25, 0.3) is 0 Å². The van der Waals surface area contributed by atoms with Crippen molar-refractivity contribution in [3.63, 3.8) is 0 Å². The molecule has 32 heavy (non-hydrogen) atoms. The maximum absolute atomic E-state index is 10.0. The minimum atomic E-state index is -0.554. The second-order valence-corrected chi connectivity index (χ2v) is 7.35. The van der Waals surface area contributed by atoms with Gasteiger partial charge in [0, 0.05) is 11.1 Å². The molecule has 3 aromatic carbocycles. The monoisotopic (exact) mass is 424 g/mol. The molecule has 0 fully saturated rings. The van der Waals surface area contributed by atoms with Gasteiger partial charge < -0.3 is 19.9 Å². The first-order valence-corrected chi connectivity index (χ1v) is 10.0. The molecular weight excluding hydrogens is 404 g/mol. The number of rotatable bonds is 4. The van der Waals surface area contributed by atoms with E-state index in [0.717, 1.165) is 33.2 Å². The number of allylic oxidation sites excluding steroid dienone is 1. The van der Waals surface area contributed by atoms with E-state index in [4.69, 9.17) is 19.9 Å². The molecule has 1 unspecified atom stereocenters. The summed E-state index contributed by atoms with van der Waals surface area (Å²) < 4.78 is 16.9. The summed E-state index contributed by atoms with van der Waals surface area (Å²) in [6.07, 6.45) is 0. The van der Waals surface area contributed by atoms with Gasteiger partial charge in [0.2, 0.25) is 11.8 Å². The predicted molar refractivity (Wildman–Crippen MR) is 120 cm³/mol. The van der Waals surface area contributed by atoms with Gasteiger partial charge in [0.05, 0.1) is 31.4 Å². The standard InChI is InChI=1S/C25H20N4O3/c1-30-19-12-6-11-17(23(19)31-2)20-18(13-26)24(27)32-25-21(20)22(28-29-25)16-10-5-8-14-7-3-4-9-15(14)16/h3-12,20H,27H2,1-2H3,(H,28,29). The second-order valence-electron chi connectivity index (χ2n) is 7.35. The van der Waals surface area contributed by atoms with Crippen LogP contribution >= 0.6 is 0 Å². The Bertz CT molecular complexity index is 1410. The molecule has 1 atom stereocenters. The van der Waals surface area contributed by atoms with Crippen LogP contribution in [0.3, 0.4) is 0 Å². The van der Waals surface area contributed by atoms with Crippen LogP contribution in [0.2, 0.25) is 0 Å². The van der Waals surface area contributed by atoms with Crippen molar-refractivity contribution >= 4 is 10.8 Å². The van der Waals surface area contributed by atoms with Gasteiger partial charge in [-0.15, -0.1) is 5.10 Å². The number of hydrogen-bond donors (Lipinski definition) is 2. The summed E-state index contributed by atoms with van der Waals surface area (Å²) in [5.74, 6) is 0.884. The van der Waals surface area contributed by atoms with Crippen LogP contribution in [0.25, 0.3) is 22.0 Å². The molecule has 158 valence electrons. The fourth-order valence-electron chi connectivity index (χ4n) is 4.34. The van der Waals surface area contributed by atoms with Crippen LogP contribution < -0.4 is 19.9 Å². The summed E-state index contributed by atoms with van der Waals surface area (Å²) in [7, 11) is 3.15. The van der Waals surface area contributed by atoms with Crippen molar-refractivity contribution in [1.29, 1.82) is 5.26 Å². The van der Waals surface area contributed by atoms with Gasteiger partial charge in [-0.3, -0.25) is 5.10 Å². The van der Waals surface area contributed by atoms with Gasteiger partial charge in [-0.1, -0.05) is 54.6 Å². The van der Waals surface area contributed by atoms with E-state index in [-0.39, 0.29) is 11.5 Å². The highest BCUT2D eigenvalue weighted by Crippen LogP contribution is 2.50. The largest absolute Gasteiger partial charge is 0.493 e. The molecule has 7 nitrogen and oxygen atoms in total. The van der Waals surface area contributed by atoms with Crippen LogP contribution in [0.1, 0.15) is 17.0 Å². The summed E-state index contributed by atoms with van der Waals surface area (Å²) in [5.41, 5.74) is 9.59. The third-order valence-electron chi connectivity index (χ3n) is 5.74. The summed E-state index contributed by atoms with van der Waals surface area (Å²) in [4.78, 5) is 0. The third-order valence-corrected chi connectivity index (χ3v) is 5.74. The van der Waals surface area contributed by atoms with Gasteiger partial charge in [-0.05, 0) is 16.8 Å². The number of nitriles is 1. The lowest BCUT2D eigenvalue weighted by molar-refractivity contribution is 0.348. The van der Waals surface area contributed by atoms with Crippen molar-refractivity contribution in [1.82, 2.24) is 10.2 Å². The number of aromatic amines is 1. The number of benzene rings is 3. The lowest BCUT2D eigenvalue weighted by atomic mass is 9.82.